The Balaban J connectivity index is 0.00000235. The standard InChI is InChI=1S/C34H34N4O4.Fe.H2O/c1-7-21-17(3)25-13-26-19(5)23(9-11-33(39)40)31(37-26)16-32-24(10-12-34(41)42)20(6)28(38-32)15-30-22(8-2)18(4)27(36-30)14-29(21)35-25;;/h7-8,13-16H,1-2,9-12H2,3-6H3,(H4,35,36,37,38,39,40,41,42);;1H2/q;+3;/p-4. The first-order valence-electron chi connectivity index (χ1n) is 13.7. The van der Waals surface area contributed by atoms with Crippen LogP contribution in [0, 0.1) is 13.8 Å². The van der Waals surface area contributed by atoms with E-state index in [9.17, 15) is 19.8 Å². The molecule has 5 heterocycles. The molecule has 3 aromatic rings. The number of aromatic nitrogens is 4. The number of carboxylic acid groups (broad SMARTS) is 2. The molecule has 0 saturated carbocycles. The molecule has 8 bridgehead atoms. The summed E-state index contributed by atoms with van der Waals surface area (Å²) in [4.78, 5) is 42.4. The SMILES string of the molecule is C=CC1=C(C)c2cc3[n-]c(cc4nc(cc5[n-]c(cc1n2)c(C)c5CCC(=O)[O-])C(CCC(=O)[O-])=C4C)c(C)c3C=C.[Fe+3].[H+].[OH-]. The number of rotatable bonds is 8. The first kappa shape index (κ1) is 34.0. The molecule has 0 aromatic carbocycles. The Kier molecular flexibility index (Phi) is 10.4. The van der Waals surface area contributed by atoms with E-state index < -0.39 is 11.9 Å². The van der Waals surface area contributed by atoms with Crippen LogP contribution in [0.3, 0.4) is 0 Å². The Hall–Kier alpha value is -4.50. The normalized spacial score (nSPS) is 12.5. The molecule has 44 heavy (non-hydrogen) atoms. The van der Waals surface area contributed by atoms with Crippen LogP contribution in [0.25, 0.3) is 50.4 Å². The van der Waals surface area contributed by atoms with Gasteiger partial charge in [-0.3, -0.25) is 0 Å². The largest absolute Gasteiger partial charge is 3.00 e. The summed E-state index contributed by atoms with van der Waals surface area (Å²) >= 11 is 0. The minimum absolute atomic E-state index is 0. The quantitative estimate of drug-likeness (QED) is 0.334. The van der Waals surface area contributed by atoms with E-state index in [1.54, 1.807) is 18.2 Å². The Labute approximate surface area is 267 Å². The van der Waals surface area contributed by atoms with Gasteiger partial charge in [0.25, 0.3) is 0 Å². The van der Waals surface area contributed by atoms with Crippen molar-refractivity contribution in [1.29, 1.82) is 0 Å². The van der Waals surface area contributed by atoms with Gasteiger partial charge in [-0.15, -0.1) is 22.1 Å². The first-order chi connectivity index (χ1) is 20.0. The maximum Gasteiger partial charge on any atom is 3.00 e. The summed E-state index contributed by atoms with van der Waals surface area (Å²) in [5, 5.41) is 22.8. The summed E-state index contributed by atoms with van der Waals surface area (Å²) in [6, 6.07) is 7.52. The molecule has 1 N–H and O–H groups in total. The molecule has 1 radical (unpaired) electrons. The summed E-state index contributed by atoms with van der Waals surface area (Å²) in [6.07, 6.45) is 3.65. The zero-order valence-corrected chi connectivity index (χ0v) is 26.0. The second kappa shape index (κ2) is 13.4. The number of fused-ring (bicyclic) bond motifs is 8. The van der Waals surface area contributed by atoms with Crippen LogP contribution in [-0.4, -0.2) is 27.4 Å². The zero-order valence-electron chi connectivity index (χ0n) is 25.9. The summed E-state index contributed by atoms with van der Waals surface area (Å²) in [7, 11) is 0. The van der Waals surface area contributed by atoms with Gasteiger partial charge < -0.3 is 35.2 Å². The van der Waals surface area contributed by atoms with Crippen molar-refractivity contribution in [3.63, 3.8) is 0 Å². The van der Waals surface area contributed by atoms with Crippen LogP contribution in [0.2, 0.25) is 0 Å². The first-order valence-corrected chi connectivity index (χ1v) is 13.7. The predicted octanol–water partition coefficient (Wildman–Crippen LogP) is 4.03. The van der Waals surface area contributed by atoms with E-state index >= 15 is 0 Å². The number of carboxylic acids is 2. The molecule has 0 spiro atoms. The molecule has 0 aliphatic carbocycles. The van der Waals surface area contributed by atoms with E-state index in [-0.39, 0.29) is 49.7 Å². The number of carbonyl (C=O) groups excluding carboxylic acids is 2. The molecule has 2 aliphatic heterocycles. The minimum Gasteiger partial charge on any atom is -0.870 e. The summed E-state index contributed by atoms with van der Waals surface area (Å²) in [5.41, 5.74) is 12.2. The molecule has 0 atom stereocenters. The third-order valence-electron chi connectivity index (χ3n) is 8.04. The van der Waals surface area contributed by atoms with Crippen molar-refractivity contribution in [1.82, 2.24) is 19.9 Å². The van der Waals surface area contributed by atoms with E-state index in [1.807, 2.05) is 45.9 Å². The van der Waals surface area contributed by atoms with Crippen molar-refractivity contribution >= 4 is 62.4 Å². The molecular formula is C34H32FeN4O5-. The van der Waals surface area contributed by atoms with Gasteiger partial charge in [-0.2, -0.15) is 0 Å². The average molecular weight is 632 g/mol. The number of nitrogens with zero attached hydrogens (tertiary/aromatic N) is 4. The van der Waals surface area contributed by atoms with Crippen molar-refractivity contribution in [2.75, 3.05) is 0 Å². The van der Waals surface area contributed by atoms with E-state index in [1.165, 1.54) is 0 Å². The molecule has 227 valence electrons. The molecule has 2 aliphatic rings. The summed E-state index contributed by atoms with van der Waals surface area (Å²) < 4.78 is 0. The van der Waals surface area contributed by atoms with Gasteiger partial charge in [-0.05, 0) is 75.7 Å². The maximum absolute atomic E-state index is 11.4. The molecule has 3 aromatic heterocycles. The van der Waals surface area contributed by atoms with E-state index in [4.69, 9.17) is 19.9 Å². The van der Waals surface area contributed by atoms with Crippen molar-refractivity contribution in [3.05, 3.63) is 88.5 Å². The van der Waals surface area contributed by atoms with E-state index in [2.05, 4.69) is 13.2 Å². The zero-order chi connectivity index (χ0) is 30.3. The number of carbonyl (C=O) groups is 2. The fourth-order valence-electron chi connectivity index (χ4n) is 5.60. The number of aryl methyl sites for hydroxylation is 3. The van der Waals surface area contributed by atoms with Gasteiger partial charge >= 0.3 is 18.5 Å². The van der Waals surface area contributed by atoms with Gasteiger partial charge in [0.05, 0.1) is 22.8 Å². The van der Waals surface area contributed by atoms with Crippen LogP contribution in [0.4, 0.5) is 0 Å². The maximum atomic E-state index is 11.4. The Morgan fingerprint density at radius 3 is 1.91 bits per heavy atom. The Morgan fingerprint density at radius 2 is 1.27 bits per heavy atom. The molecular weight excluding hydrogens is 600 g/mol. The van der Waals surface area contributed by atoms with Gasteiger partial charge in [-0.1, -0.05) is 66.3 Å². The third kappa shape index (κ3) is 6.24. The van der Waals surface area contributed by atoms with Gasteiger partial charge in [-0.25, -0.2) is 9.97 Å². The number of allylic oxidation sites excluding steroid dienone is 5. The van der Waals surface area contributed by atoms with Crippen LogP contribution in [0.15, 0.2) is 43.5 Å². The van der Waals surface area contributed by atoms with Crippen LogP contribution < -0.4 is 20.2 Å². The van der Waals surface area contributed by atoms with E-state index in [0.717, 1.165) is 61.3 Å². The fourth-order valence-corrected chi connectivity index (χ4v) is 5.60. The minimum atomic E-state index is -1.16. The third-order valence-corrected chi connectivity index (χ3v) is 8.04. The summed E-state index contributed by atoms with van der Waals surface area (Å²) in [5.74, 6) is -2.31. The second-order valence-electron chi connectivity index (χ2n) is 10.5. The topological polar surface area (TPSA) is 164 Å². The fraction of sp³-hybridized carbons (Fsp3) is 0.235. The van der Waals surface area contributed by atoms with Crippen LogP contribution in [0.1, 0.15) is 79.6 Å². The molecule has 0 amide bonds. The average Bonchev–Trinajstić information content (AvgIpc) is 3.59. The van der Waals surface area contributed by atoms with Gasteiger partial charge in [0.15, 0.2) is 0 Å². The van der Waals surface area contributed by atoms with Crippen LogP contribution in [-0.2, 0) is 33.1 Å². The Bertz CT molecular complexity index is 1930. The number of hydrogen-bond acceptors (Lipinski definition) is 7. The van der Waals surface area contributed by atoms with Gasteiger partial charge in [0.1, 0.15) is 0 Å². The van der Waals surface area contributed by atoms with E-state index in [0.29, 0.717) is 28.1 Å². The monoisotopic (exact) mass is 632 g/mol. The Morgan fingerprint density at radius 1 is 0.750 bits per heavy atom. The molecule has 0 unspecified atom stereocenters. The molecule has 5 rings (SSSR count). The second-order valence-corrected chi connectivity index (χ2v) is 10.5. The van der Waals surface area contributed by atoms with Crippen LogP contribution in [0.5, 0.6) is 0 Å². The van der Waals surface area contributed by atoms with Gasteiger partial charge in [0.2, 0.25) is 0 Å². The number of hydrogen-bond donors (Lipinski definition) is 0. The molecule has 0 fully saturated rings. The molecule has 10 heteroatoms. The van der Waals surface area contributed by atoms with Crippen LogP contribution >= 0.6 is 0 Å². The summed E-state index contributed by atoms with van der Waals surface area (Å²) in [6.45, 7) is 15.8. The van der Waals surface area contributed by atoms with Crippen molar-refractivity contribution in [2.45, 2.75) is 53.4 Å². The molecule has 9 nitrogen and oxygen atoms in total. The van der Waals surface area contributed by atoms with Crippen molar-refractivity contribution in [3.8, 4) is 0 Å². The number of aliphatic carboxylic acids is 2. The van der Waals surface area contributed by atoms with Crippen molar-refractivity contribution in [2.24, 2.45) is 0 Å². The smallest absolute Gasteiger partial charge is 0.870 e. The predicted molar refractivity (Wildman–Crippen MR) is 164 cm³/mol. The molecule has 0 saturated heterocycles. The van der Waals surface area contributed by atoms with Gasteiger partial charge in [0, 0.05) is 17.5 Å². The van der Waals surface area contributed by atoms with Crippen molar-refractivity contribution < 1.29 is 43.8 Å².